The van der Waals surface area contributed by atoms with Crippen LogP contribution in [-0.2, 0) is 22.4 Å². The predicted octanol–water partition coefficient (Wildman–Crippen LogP) is 3.79. The predicted molar refractivity (Wildman–Crippen MR) is 102 cm³/mol. The third-order valence-corrected chi connectivity index (χ3v) is 6.04. The summed E-state index contributed by atoms with van der Waals surface area (Å²) in [6.07, 6.45) is 2.26. The highest BCUT2D eigenvalue weighted by atomic mass is 32.1. The second-order valence-electron chi connectivity index (χ2n) is 7.01. The molecule has 2 heterocycles. The van der Waals surface area contributed by atoms with Crippen LogP contribution in [0.2, 0.25) is 0 Å². The number of nitrogens with one attached hydrogen (secondary N) is 1. The van der Waals surface area contributed by atoms with E-state index in [1.165, 1.54) is 21.8 Å². The first-order valence-electron chi connectivity index (χ1n) is 9.02. The molecule has 1 N–H and O–H groups in total. The lowest BCUT2D eigenvalue weighted by molar-refractivity contribution is -0.123. The molecule has 0 saturated carbocycles. The van der Waals surface area contributed by atoms with Crippen molar-refractivity contribution in [3.63, 3.8) is 0 Å². The number of hydrogen-bond donors (Lipinski definition) is 1. The van der Waals surface area contributed by atoms with Crippen LogP contribution < -0.4 is 14.8 Å². The lowest BCUT2D eigenvalue weighted by Gasteiger charge is -2.16. The fraction of sp³-hybridized carbons (Fsp3) is 0.400. The first kappa shape index (κ1) is 17.9. The number of aryl methyl sites for hydroxylation is 1. The molecule has 1 aliphatic carbocycles. The summed E-state index contributed by atoms with van der Waals surface area (Å²) >= 11 is 1.48. The molecule has 0 fully saturated rings. The number of thiophene rings is 1. The Morgan fingerprint density at radius 1 is 1.26 bits per heavy atom. The van der Waals surface area contributed by atoms with E-state index in [1.54, 1.807) is 25.1 Å². The number of amides is 1. The first-order valence-corrected chi connectivity index (χ1v) is 9.84. The molecule has 0 bridgehead atoms. The highest BCUT2D eigenvalue weighted by molar-refractivity contribution is 7.14. The second kappa shape index (κ2) is 7.23. The SMILES string of the molecule is C[C@@H]1CCc2sc(C(=O)O[C@H](C)C(=O)Nc3ccc4c(c3)OCO4)cc2C1. The number of anilines is 1. The van der Waals surface area contributed by atoms with E-state index < -0.39 is 18.0 Å². The number of ether oxygens (including phenoxy) is 3. The molecule has 0 saturated heterocycles. The summed E-state index contributed by atoms with van der Waals surface area (Å²) in [6.45, 7) is 3.96. The Balaban J connectivity index is 1.37. The number of hydrogen-bond acceptors (Lipinski definition) is 6. The molecule has 2 aliphatic rings. The monoisotopic (exact) mass is 387 g/mol. The van der Waals surface area contributed by atoms with Crippen LogP contribution in [0.4, 0.5) is 5.69 Å². The fourth-order valence-electron chi connectivity index (χ4n) is 3.30. The van der Waals surface area contributed by atoms with Gasteiger partial charge < -0.3 is 19.5 Å². The van der Waals surface area contributed by atoms with Crippen molar-refractivity contribution in [2.24, 2.45) is 5.92 Å². The molecule has 142 valence electrons. The fourth-order valence-corrected chi connectivity index (χ4v) is 4.39. The maximum atomic E-state index is 12.4. The van der Waals surface area contributed by atoms with Crippen molar-refractivity contribution in [1.82, 2.24) is 0 Å². The summed E-state index contributed by atoms with van der Waals surface area (Å²) in [6, 6.07) is 7.05. The van der Waals surface area contributed by atoms with Crippen molar-refractivity contribution in [2.75, 3.05) is 12.1 Å². The molecule has 6 nitrogen and oxygen atoms in total. The van der Waals surface area contributed by atoms with E-state index in [4.69, 9.17) is 14.2 Å². The number of esters is 1. The maximum absolute atomic E-state index is 12.4. The maximum Gasteiger partial charge on any atom is 0.349 e. The van der Waals surface area contributed by atoms with Gasteiger partial charge in [-0.25, -0.2) is 4.79 Å². The molecular formula is C20H21NO5S. The topological polar surface area (TPSA) is 73.9 Å². The standard InChI is InChI=1S/C20H21NO5S/c1-11-3-6-17-13(7-11)8-18(27-17)20(23)26-12(2)19(22)21-14-4-5-15-16(9-14)25-10-24-15/h4-5,8-9,11-12H,3,6-7,10H2,1-2H3,(H,21,22)/t11-,12-/m1/s1. The Labute approximate surface area is 161 Å². The normalized spacial score (nSPS) is 18.5. The van der Waals surface area contributed by atoms with E-state index in [9.17, 15) is 9.59 Å². The van der Waals surface area contributed by atoms with Gasteiger partial charge in [0, 0.05) is 16.6 Å². The minimum atomic E-state index is -0.902. The average Bonchev–Trinajstić information content (AvgIpc) is 3.27. The summed E-state index contributed by atoms with van der Waals surface area (Å²) in [4.78, 5) is 26.6. The van der Waals surface area contributed by atoms with Gasteiger partial charge in [0.1, 0.15) is 4.88 Å². The van der Waals surface area contributed by atoms with Gasteiger partial charge in [0.25, 0.3) is 5.91 Å². The van der Waals surface area contributed by atoms with Crippen molar-refractivity contribution >= 4 is 28.9 Å². The minimum absolute atomic E-state index is 0.171. The Kier molecular flexibility index (Phi) is 4.78. The van der Waals surface area contributed by atoms with Gasteiger partial charge in [0.15, 0.2) is 17.6 Å². The van der Waals surface area contributed by atoms with Crippen LogP contribution in [0.25, 0.3) is 0 Å². The van der Waals surface area contributed by atoms with Crippen LogP contribution in [-0.4, -0.2) is 24.8 Å². The van der Waals surface area contributed by atoms with Crippen LogP contribution >= 0.6 is 11.3 Å². The van der Waals surface area contributed by atoms with Crippen molar-refractivity contribution < 1.29 is 23.8 Å². The summed E-state index contributed by atoms with van der Waals surface area (Å²) < 4.78 is 15.9. The van der Waals surface area contributed by atoms with Crippen LogP contribution in [0.15, 0.2) is 24.3 Å². The molecule has 1 aromatic carbocycles. The Hall–Kier alpha value is -2.54. The van der Waals surface area contributed by atoms with Gasteiger partial charge >= 0.3 is 5.97 Å². The molecule has 0 unspecified atom stereocenters. The average molecular weight is 387 g/mol. The van der Waals surface area contributed by atoms with Gasteiger partial charge in [-0.2, -0.15) is 0 Å². The molecule has 2 aromatic rings. The van der Waals surface area contributed by atoms with Crippen molar-refractivity contribution in [2.45, 2.75) is 39.2 Å². The summed E-state index contributed by atoms with van der Waals surface area (Å²) in [5.41, 5.74) is 1.80. The molecule has 0 radical (unpaired) electrons. The van der Waals surface area contributed by atoms with Gasteiger partial charge in [-0.3, -0.25) is 4.79 Å². The zero-order valence-corrected chi connectivity index (χ0v) is 16.1. The third kappa shape index (κ3) is 3.78. The van der Waals surface area contributed by atoms with E-state index in [0.29, 0.717) is 28.0 Å². The van der Waals surface area contributed by atoms with E-state index in [1.807, 2.05) is 6.07 Å². The quantitative estimate of drug-likeness (QED) is 0.808. The summed E-state index contributed by atoms with van der Waals surface area (Å²) in [5, 5.41) is 2.73. The molecule has 1 amide bonds. The van der Waals surface area contributed by atoms with E-state index in [-0.39, 0.29) is 6.79 Å². The molecule has 4 rings (SSSR count). The summed E-state index contributed by atoms with van der Waals surface area (Å²) in [7, 11) is 0. The number of carbonyl (C=O) groups is 2. The zero-order valence-electron chi connectivity index (χ0n) is 15.2. The van der Waals surface area contributed by atoms with Crippen molar-refractivity contribution in [3.8, 4) is 11.5 Å². The highest BCUT2D eigenvalue weighted by Crippen LogP contribution is 2.34. The van der Waals surface area contributed by atoms with E-state index in [0.717, 1.165) is 19.3 Å². The van der Waals surface area contributed by atoms with Crippen molar-refractivity contribution in [3.05, 3.63) is 39.6 Å². The molecule has 1 aromatic heterocycles. The number of carbonyl (C=O) groups excluding carboxylic acids is 2. The Morgan fingerprint density at radius 2 is 2.07 bits per heavy atom. The van der Waals surface area contributed by atoms with E-state index >= 15 is 0 Å². The molecule has 27 heavy (non-hydrogen) atoms. The van der Waals surface area contributed by atoms with Gasteiger partial charge in [-0.15, -0.1) is 11.3 Å². The van der Waals surface area contributed by atoms with E-state index in [2.05, 4.69) is 12.2 Å². The van der Waals surface area contributed by atoms with Crippen LogP contribution in [0, 0.1) is 5.92 Å². The molecule has 2 atom stereocenters. The molecular weight excluding hydrogens is 366 g/mol. The second-order valence-corrected chi connectivity index (χ2v) is 8.15. The first-order chi connectivity index (χ1) is 13.0. The van der Waals surface area contributed by atoms with Crippen molar-refractivity contribution in [1.29, 1.82) is 0 Å². The number of rotatable bonds is 4. The van der Waals surface area contributed by atoms with Crippen LogP contribution in [0.5, 0.6) is 11.5 Å². The minimum Gasteiger partial charge on any atom is -0.454 e. The van der Waals surface area contributed by atoms with Gasteiger partial charge in [-0.1, -0.05) is 6.92 Å². The largest absolute Gasteiger partial charge is 0.454 e. The zero-order chi connectivity index (χ0) is 19.0. The highest BCUT2D eigenvalue weighted by Gasteiger charge is 2.24. The van der Waals surface area contributed by atoms with Crippen LogP contribution in [0.1, 0.15) is 40.4 Å². The molecule has 1 aliphatic heterocycles. The Bertz CT molecular complexity index is 890. The third-order valence-electron chi connectivity index (χ3n) is 4.82. The van der Waals surface area contributed by atoms with Gasteiger partial charge in [0.05, 0.1) is 0 Å². The molecule has 7 heteroatoms. The smallest absolute Gasteiger partial charge is 0.349 e. The molecule has 0 spiro atoms. The summed E-state index contributed by atoms with van der Waals surface area (Å²) in [5.74, 6) is 1.02. The number of fused-ring (bicyclic) bond motifs is 2. The Morgan fingerprint density at radius 3 is 2.93 bits per heavy atom. The lowest BCUT2D eigenvalue weighted by Crippen LogP contribution is -2.29. The van der Waals surface area contributed by atoms with Gasteiger partial charge in [0.2, 0.25) is 6.79 Å². The lowest BCUT2D eigenvalue weighted by atomic mass is 9.90. The number of benzene rings is 1. The van der Waals surface area contributed by atoms with Crippen LogP contribution in [0.3, 0.4) is 0 Å². The van der Waals surface area contributed by atoms with Gasteiger partial charge in [-0.05, 0) is 55.9 Å².